The van der Waals surface area contributed by atoms with Crippen LogP contribution in [0.1, 0.15) is 111 Å². The van der Waals surface area contributed by atoms with E-state index >= 15 is 0 Å². The van der Waals surface area contributed by atoms with Gasteiger partial charge in [-0.15, -0.1) is 6.42 Å². The van der Waals surface area contributed by atoms with E-state index in [0.717, 1.165) is 11.1 Å². The van der Waals surface area contributed by atoms with Crippen molar-refractivity contribution in [2.75, 3.05) is 0 Å². The van der Waals surface area contributed by atoms with E-state index in [4.69, 9.17) is 22.2 Å². The normalized spacial score (nSPS) is 12.4. The van der Waals surface area contributed by atoms with Crippen molar-refractivity contribution in [3.8, 4) is 30.6 Å². The minimum Gasteiger partial charge on any atom is -0.193 e. The van der Waals surface area contributed by atoms with Crippen LogP contribution in [0.25, 0.3) is 0 Å². The van der Waals surface area contributed by atoms with Crippen LogP contribution >= 0.6 is 0 Å². The van der Waals surface area contributed by atoms with E-state index in [9.17, 15) is 0 Å². The Kier molecular flexibility index (Phi) is 24.2. The van der Waals surface area contributed by atoms with Gasteiger partial charge >= 0.3 is 0 Å². The highest BCUT2D eigenvalue weighted by Gasteiger charge is 2.11. The molecule has 0 aliphatic heterocycles. The topological polar surface area (TPSA) is 71.4 Å². The summed E-state index contributed by atoms with van der Waals surface area (Å²) in [5.74, 6) is 2.51. The Labute approximate surface area is 226 Å². The lowest BCUT2D eigenvalue weighted by Crippen LogP contribution is -2.05. The third kappa shape index (κ3) is 38.3. The molecule has 0 aromatic carbocycles. The third-order valence-corrected chi connectivity index (χ3v) is 4.43. The summed E-state index contributed by atoms with van der Waals surface area (Å²) in [6.45, 7) is 31.0. The molecule has 0 atom stereocenters. The molecular weight excluding hydrogens is 438 g/mol. The molecule has 0 aliphatic rings. The Bertz CT molecular complexity index is 842. The Morgan fingerprint density at radius 2 is 1.03 bits per heavy atom. The van der Waals surface area contributed by atoms with Crippen LogP contribution in [0, 0.1) is 68.0 Å². The zero-order chi connectivity index (χ0) is 29.1. The van der Waals surface area contributed by atoms with E-state index in [-0.39, 0.29) is 29.1 Å². The molecule has 0 aliphatic carbocycles. The molecule has 3 heteroatoms. The fraction of sp³-hybridized carbons (Fsp3) is 0.606. The van der Waals surface area contributed by atoms with Crippen LogP contribution < -0.4 is 0 Å². The van der Waals surface area contributed by atoms with Gasteiger partial charge in [0.25, 0.3) is 0 Å². The highest BCUT2D eigenvalue weighted by Crippen LogP contribution is 2.24. The fourth-order valence-corrected chi connectivity index (χ4v) is 1.62. The zero-order valence-corrected chi connectivity index (χ0v) is 25.3. The van der Waals surface area contributed by atoms with Crippen LogP contribution in [0.2, 0.25) is 0 Å². The van der Waals surface area contributed by atoms with E-state index in [1.54, 1.807) is 6.08 Å². The summed E-state index contributed by atoms with van der Waals surface area (Å²) >= 11 is 0. The molecule has 0 amide bonds. The molecule has 0 aromatic rings. The monoisotopic (exact) mass is 493 g/mol. The maximum absolute atomic E-state index is 8.38. The predicted molar refractivity (Wildman–Crippen MR) is 161 cm³/mol. The fourth-order valence-electron chi connectivity index (χ4n) is 1.62. The molecule has 0 fully saturated rings. The maximum atomic E-state index is 8.38. The molecule has 0 aromatic heterocycles. The molecule has 0 spiro atoms. The smallest absolute Gasteiger partial charge is 0.0940 e. The van der Waals surface area contributed by atoms with E-state index < -0.39 is 0 Å². The number of terminal acetylenes is 1. The van der Waals surface area contributed by atoms with Gasteiger partial charge in [0, 0.05) is 17.7 Å². The third-order valence-electron chi connectivity index (χ3n) is 4.43. The lowest BCUT2D eigenvalue weighted by Gasteiger charge is -2.17. The van der Waals surface area contributed by atoms with E-state index in [1.807, 2.05) is 44.2 Å². The second-order valence-electron chi connectivity index (χ2n) is 12.6. The Morgan fingerprint density at radius 1 is 0.639 bits per heavy atom. The first-order valence-electron chi connectivity index (χ1n) is 11.9. The first-order valence-corrected chi connectivity index (χ1v) is 11.9. The van der Waals surface area contributed by atoms with Crippen LogP contribution in [0.3, 0.4) is 0 Å². The highest BCUT2D eigenvalue weighted by atomic mass is 14.2. The Hall–Kier alpha value is -3.01. The number of allylic oxidation sites excluding steroid dienone is 8. The minimum absolute atomic E-state index is 0. The quantitative estimate of drug-likeness (QED) is 0.249. The van der Waals surface area contributed by atoms with Gasteiger partial charge in [-0.2, -0.15) is 15.8 Å². The largest absolute Gasteiger partial charge is 0.193 e. The van der Waals surface area contributed by atoms with Crippen molar-refractivity contribution in [2.24, 2.45) is 21.7 Å². The van der Waals surface area contributed by atoms with Crippen LogP contribution in [0.15, 0.2) is 47.1 Å². The second-order valence-corrected chi connectivity index (χ2v) is 12.6. The predicted octanol–water partition coefficient (Wildman–Crippen LogP) is 10.4. The molecule has 0 heterocycles. The number of hydrogen-bond donors (Lipinski definition) is 0. The highest BCUT2D eigenvalue weighted by molar-refractivity contribution is 5.20. The van der Waals surface area contributed by atoms with Crippen molar-refractivity contribution in [1.29, 1.82) is 15.8 Å². The Balaban J connectivity index is -0.000000118. The Morgan fingerprint density at radius 3 is 1.14 bits per heavy atom. The van der Waals surface area contributed by atoms with Crippen LogP contribution in [-0.4, -0.2) is 0 Å². The molecule has 0 rings (SSSR count). The minimum atomic E-state index is 0. The molecule has 36 heavy (non-hydrogen) atoms. The second kappa shape index (κ2) is 20.2. The van der Waals surface area contributed by atoms with Gasteiger partial charge in [-0.1, -0.05) is 120 Å². The lowest BCUT2D eigenvalue weighted by molar-refractivity contribution is 0.504. The number of rotatable bonds is 0. The molecule has 0 bridgehead atoms. The number of nitriles is 3. The summed E-state index contributed by atoms with van der Waals surface area (Å²) in [6.07, 6.45) is 13.9. The van der Waals surface area contributed by atoms with Crippen molar-refractivity contribution in [3.63, 3.8) is 0 Å². The molecule has 0 saturated heterocycles. The molecule has 0 N–H and O–H groups in total. The molecule has 3 nitrogen and oxygen atoms in total. The summed E-state index contributed by atoms with van der Waals surface area (Å²) in [7, 11) is 0. The van der Waals surface area contributed by atoms with Gasteiger partial charge in [-0.3, -0.25) is 0 Å². The van der Waals surface area contributed by atoms with Crippen molar-refractivity contribution < 1.29 is 0 Å². The van der Waals surface area contributed by atoms with Crippen molar-refractivity contribution >= 4 is 0 Å². The van der Waals surface area contributed by atoms with Gasteiger partial charge in [0.05, 0.1) is 18.2 Å². The SMILES string of the molecule is C.C#C/C=C(/C)C(C)(C)C.C/C(=C\C#N)C(C)(C)C.C/C(C#N)=C\C(C)(C)C.CC(C)(C)/C=C/C#N. The molecule has 0 radical (unpaired) electrons. The average molecular weight is 494 g/mol. The summed E-state index contributed by atoms with van der Waals surface area (Å²) in [4.78, 5) is 0. The van der Waals surface area contributed by atoms with Crippen molar-refractivity contribution in [3.05, 3.63) is 47.1 Å². The number of hydrogen-bond acceptors (Lipinski definition) is 3. The van der Waals surface area contributed by atoms with Gasteiger partial charge in [-0.05, 0) is 48.5 Å². The van der Waals surface area contributed by atoms with Gasteiger partial charge in [0.15, 0.2) is 0 Å². The van der Waals surface area contributed by atoms with Gasteiger partial charge in [0.2, 0.25) is 0 Å². The van der Waals surface area contributed by atoms with Gasteiger partial charge < -0.3 is 0 Å². The zero-order valence-electron chi connectivity index (χ0n) is 25.3. The first kappa shape index (κ1) is 43.1. The van der Waals surface area contributed by atoms with Crippen molar-refractivity contribution in [1.82, 2.24) is 0 Å². The first-order chi connectivity index (χ1) is 15.5. The van der Waals surface area contributed by atoms with E-state index in [0.29, 0.717) is 0 Å². The molecule has 202 valence electrons. The van der Waals surface area contributed by atoms with Crippen molar-refractivity contribution in [2.45, 2.75) is 111 Å². The molecular formula is C33H55N3. The summed E-state index contributed by atoms with van der Waals surface area (Å²) in [5, 5.41) is 24.7. The van der Waals surface area contributed by atoms with E-state index in [2.05, 4.69) is 102 Å². The lowest BCUT2D eigenvalue weighted by atomic mass is 9.88. The maximum Gasteiger partial charge on any atom is 0.0940 e. The summed E-state index contributed by atoms with van der Waals surface area (Å²) in [5.41, 5.74) is 3.84. The van der Waals surface area contributed by atoms with Crippen LogP contribution in [0.5, 0.6) is 0 Å². The standard InChI is InChI=1S/C9H14.2C8H13N.C7H11N.CH4/c1-6-7-8(2)9(3,4)5;1-7(6-9)5-8(2,3)4;1-7(5-6-9)8(2,3)4;1-7(2,3)5-4-6-8;/h1,7H,2-5H3;2*5H,1-4H3;4-5H,1-3H3;1H4/b8-7-;2*7-5+;5-4+;. The molecule has 0 unspecified atom stereocenters. The summed E-state index contributed by atoms with van der Waals surface area (Å²) in [6, 6.07) is 6.04. The summed E-state index contributed by atoms with van der Waals surface area (Å²) < 4.78 is 0. The number of nitrogens with zero attached hydrogens (tertiary/aromatic N) is 3. The van der Waals surface area contributed by atoms with E-state index in [1.165, 1.54) is 11.6 Å². The average Bonchev–Trinajstić information content (AvgIpc) is 2.65. The van der Waals surface area contributed by atoms with Crippen LogP contribution in [0.4, 0.5) is 0 Å². The van der Waals surface area contributed by atoms with Gasteiger partial charge in [0.1, 0.15) is 0 Å². The van der Waals surface area contributed by atoms with Gasteiger partial charge in [-0.25, -0.2) is 0 Å². The molecule has 0 saturated carbocycles. The van der Waals surface area contributed by atoms with Crippen LogP contribution in [-0.2, 0) is 0 Å².